The zero-order chi connectivity index (χ0) is 27.5. The van der Waals surface area contributed by atoms with Gasteiger partial charge in [-0.15, -0.1) is 0 Å². The van der Waals surface area contributed by atoms with E-state index in [1.165, 1.54) is 11.0 Å². The number of ether oxygens (including phenoxy) is 1. The van der Waals surface area contributed by atoms with Crippen LogP contribution in [0.15, 0.2) is 60.4 Å². The van der Waals surface area contributed by atoms with Crippen molar-refractivity contribution in [2.24, 2.45) is 5.92 Å². The molecule has 5 rings (SSSR count). The van der Waals surface area contributed by atoms with Crippen LogP contribution in [-0.4, -0.2) is 30.2 Å². The molecule has 3 amide bonds. The summed E-state index contributed by atoms with van der Waals surface area (Å²) in [6, 6.07) is 11.5. The molecule has 194 valence electrons. The summed E-state index contributed by atoms with van der Waals surface area (Å²) in [5, 5.41) is 0.553. The third-order valence-electron chi connectivity index (χ3n) is 6.33. The van der Waals surface area contributed by atoms with Crippen molar-refractivity contribution in [3.63, 3.8) is 0 Å². The lowest BCUT2D eigenvalue weighted by Gasteiger charge is -2.18. The molecule has 0 saturated carbocycles. The van der Waals surface area contributed by atoms with Gasteiger partial charge in [0.25, 0.3) is 11.8 Å². The molecule has 38 heavy (non-hydrogen) atoms. The van der Waals surface area contributed by atoms with Crippen molar-refractivity contribution in [1.82, 2.24) is 0 Å². The minimum Gasteiger partial charge on any atom is -0.426 e. The molecule has 0 aromatic heterocycles. The van der Waals surface area contributed by atoms with Gasteiger partial charge in [0, 0.05) is 41.6 Å². The average Bonchev–Trinajstić information content (AvgIpc) is 3.39. The van der Waals surface area contributed by atoms with Gasteiger partial charge in [0.1, 0.15) is 5.75 Å². The first-order valence-electron chi connectivity index (χ1n) is 11.1. The number of nitrogens with zero attached hydrogens (tertiary/aromatic N) is 2. The number of halogens is 5. The SMILES string of the molecule is Cc1cc(OC(=O)[C@@H]2CC(=O)N(c3ccc(Cl)cc3)C2)ccc1N1C(=O)c2c(Br)c(Br)c(Br)c(Br)c2C1=O. The Morgan fingerprint density at radius 3 is 2.03 bits per heavy atom. The highest BCUT2D eigenvalue weighted by atomic mass is 79.9. The first-order chi connectivity index (χ1) is 18.0. The maximum Gasteiger partial charge on any atom is 0.316 e. The molecule has 0 spiro atoms. The Labute approximate surface area is 256 Å². The molecule has 1 fully saturated rings. The van der Waals surface area contributed by atoms with Crippen molar-refractivity contribution in [3.8, 4) is 5.75 Å². The number of esters is 1. The molecule has 0 N–H and O–H groups in total. The van der Waals surface area contributed by atoms with Crippen LogP contribution >= 0.6 is 75.3 Å². The number of anilines is 2. The first-order valence-corrected chi connectivity index (χ1v) is 14.7. The Morgan fingerprint density at radius 1 is 0.895 bits per heavy atom. The molecule has 0 unspecified atom stereocenters. The van der Waals surface area contributed by atoms with Crippen LogP contribution in [0.5, 0.6) is 5.75 Å². The molecule has 2 aliphatic rings. The fraction of sp³-hybridized carbons (Fsp3) is 0.154. The second-order valence-corrected chi connectivity index (χ2v) is 12.3. The van der Waals surface area contributed by atoms with E-state index in [0.717, 1.165) is 4.90 Å². The largest absolute Gasteiger partial charge is 0.426 e. The fourth-order valence-corrected chi connectivity index (χ4v) is 7.03. The Hall–Kier alpha value is -2.05. The Balaban J connectivity index is 1.35. The van der Waals surface area contributed by atoms with Gasteiger partial charge in [-0.3, -0.25) is 19.2 Å². The number of rotatable bonds is 4. The van der Waals surface area contributed by atoms with E-state index >= 15 is 0 Å². The number of benzene rings is 3. The first kappa shape index (κ1) is 27.5. The van der Waals surface area contributed by atoms with Crippen LogP contribution in [-0.2, 0) is 9.59 Å². The molecule has 2 aliphatic heterocycles. The summed E-state index contributed by atoms with van der Waals surface area (Å²) in [6.45, 7) is 1.91. The highest BCUT2D eigenvalue weighted by Crippen LogP contribution is 2.46. The van der Waals surface area contributed by atoms with Gasteiger partial charge in [0.2, 0.25) is 5.91 Å². The van der Waals surface area contributed by atoms with Crippen LogP contribution in [0.2, 0.25) is 5.02 Å². The number of amides is 3. The number of aryl methyl sites for hydroxylation is 1. The van der Waals surface area contributed by atoms with E-state index in [1.807, 2.05) is 0 Å². The lowest BCUT2D eigenvalue weighted by molar-refractivity contribution is -0.139. The van der Waals surface area contributed by atoms with Crippen molar-refractivity contribution in [2.45, 2.75) is 13.3 Å². The number of carbonyl (C=O) groups excluding carboxylic acids is 4. The zero-order valence-corrected chi connectivity index (χ0v) is 26.5. The highest BCUT2D eigenvalue weighted by Gasteiger charge is 2.42. The third-order valence-corrected chi connectivity index (χ3v) is 11.3. The second kappa shape index (κ2) is 10.5. The molecule has 0 radical (unpaired) electrons. The van der Waals surface area contributed by atoms with E-state index < -0.39 is 23.7 Å². The van der Waals surface area contributed by atoms with Gasteiger partial charge < -0.3 is 9.64 Å². The van der Waals surface area contributed by atoms with Gasteiger partial charge in [0.15, 0.2) is 0 Å². The maximum atomic E-state index is 13.3. The van der Waals surface area contributed by atoms with Crippen molar-refractivity contribution in [1.29, 1.82) is 0 Å². The summed E-state index contributed by atoms with van der Waals surface area (Å²) < 4.78 is 7.71. The van der Waals surface area contributed by atoms with Crippen LogP contribution < -0.4 is 14.5 Å². The highest BCUT2D eigenvalue weighted by molar-refractivity contribution is 9.15. The monoisotopic (exact) mass is 786 g/mol. The average molecular weight is 790 g/mol. The normalized spacial score (nSPS) is 16.9. The molecule has 1 atom stereocenters. The summed E-state index contributed by atoms with van der Waals surface area (Å²) in [4.78, 5) is 54.7. The summed E-state index contributed by atoms with van der Waals surface area (Å²) in [7, 11) is 0. The molecule has 3 aromatic rings. The van der Waals surface area contributed by atoms with E-state index in [1.54, 1.807) is 43.3 Å². The van der Waals surface area contributed by atoms with E-state index in [4.69, 9.17) is 16.3 Å². The molecule has 1 saturated heterocycles. The molecule has 2 heterocycles. The molecule has 0 aliphatic carbocycles. The van der Waals surface area contributed by atoms with E-state index in [9.17, 15) is 19.2 Å². The van der Waals surface area contributed by atoms with E-state index in [0.29, 0.717) is 39.9 Å². The molecule has 0 bridgehead atoms. The third kappa shape index (κ3) is 4.66. The minimum atomic E-state index is -0.638. The van der Waals surface area contributed by atoms with Crippen LogP contribution in [0.4, 0.5) is 11.4 Å². The molecule has 3 aromatic carbocycles. The number of fused-ring (bicyclic) bond motifs is 1. The zero-order valence-electron chi connectivity index (χ0n) is 19.4. The number of carbonyl (C=O) groups is 4. The molecule has 12 heteroatoms. The van der Waals surface area contributed by atoms with Gasteiger partial charge in [-0.05, 0) is 119 Å². The van der Waals surface area contributed by atoms with Crippen LogP contribution in [0.25, 0.3) is 0 Å². The van der Waals surface area contributed by atoms with Crippen LogP contribution in [0.1, 0.15) is 32.7 Å². The summed E-state index contributed by atoms with van der Waals surface area (Å²) in [6.07, 6.45) is 0.0302. The standard InChI is InChI=1S/C26H15Br4ClN2O5/c1-11-8-15(38-26(37)12-9-17(34)32(10-12)14-4-2-13(31)3-5-14)6-7-16(11)33-24(35)18-19(25(33)36)21(28)23(30)22(29)20(18)27/h2-8,12H,9-10H2,1H3/t12-/m1/s1. The molecule has 7 nitrogen and oxygen atoms in total. The predicted octanol–water partition coefficient (Wildman–Crippen LogP) is 7.46. The van der Waals surface area contributed by atoms with Crippen LogP contribution in [0.3, 0.4) is 0 Å². The van der Waals surface area contributed by atoms with E-state index in [2.05, 4.69) is 63.7 Å². The quantitative estimate of drug-likeness (QED) is 0.0902. The van der Waals surface area contributed by atoms with Crippen molar-refractivity contribution >= 4 is 110 Å². The lowest BCUT2D eigenvalue weighted by atomic mass is 10.1. The Bertz CT molecular complexity index is 1510. The van der Waals surface area contributed by atoms with Crippen LogP contribution in [0, 0.1) is 12.8 Å². The van der Waals surface area contributed by atoms with E-state index in [-0.39, 0.29) is 35.7 Å². The Morgan fingerprint density at radius 2 is 1.47 bits per heavy atom. The van der Waals surface area contributed by atoms with Gasteiger partial charge in [0.05, 0.1) is 22.7 Å². The van der Waals surface area contributed by atoms with Gasteiger partial charge in [-0.25, -0.2) is 4.90 Å². The predicted molar refractivity (Wildman–Crippen MR) is 157 cm³/mol. The number of hydrogen-bond acceptors (Lipinski definition) is 5. The fourth-order valence-electron chi connectivity index (χ4n) is 4.45. The summed E-state index contributed by atoms with van der Waals surface area (Å²) in [5.41, 5.74) is 2.06. The minimum absolute atomic E-state index is 0.0302. The van der Waals surface area contributed by atoms with Gasteiger partial charge in [-0.2, -0.15) is 0 Å². The summed E-state index contributed by atoms with van der Waals surface area (Å²) in [5.74, 6) is -2.07. The topological polar surface area (TPSA) is 84.0 Å². The summed E-state index contributed by atoms with van der Waals surface area (Å²) >= 11 is 19.6. The van der Waals surface area contributed by atoms with Crippen molar-refractivity contribution in [2.75, 3.05) is 16.3 Å². The Kier molecular flexibility index (Phi) is 7.60. The second-order valence-electron chi connectivity index (χ2n) is 8.70. The number of hydrogen-bond donors (Lipinski definition) is 0. The lowest BCUT2D eigenvalue weighted by Crippen LogP contribution is -2.30. The molecular formula is C26H15Br4ClN2O5. The van der Waals surface area contributed by atoms with Gasteiger partial charge in [-0.1, -0.05) is 11.6 Å². The molecular weight excluding hydrogens is 775 g/mol. The number of imide groups is 1. The maximum absolute atomic E-state index is 13.3. The van der Waals surface area contributed by atoms with Crippen molar-refractivity contribution in [3.05, 3.63) is 82.1 Å². The van der Waals surface area contributed by atoms with Gasteiger partial charge >= 0.3 is 5.97 Å². The smallest absolute Gasteiger partial charge is 0.316 e. The van der Waals surface area contributed by atoms with Crippen molar-refractivity contribution < 1.29 is 23.9 Å².